The predicted molar refractivity (Wildman–Crippen MR) is 54.4 cm³/mol. The van der Waals surface area contributed by atoms with Crippen molar-refractivity contribution in [3.8, 4) is 0 Å². The predicted octanol–water partition coefficient (Wildman–Crippen LogP) is 1.44. The van der Waals surface area contributed by atoms with Gasteiger partial charge in [-0.05, 0) is 24.7 Å². The summed E-state index contributed by atoms with van der Waals surface area (Å²) in [5.74, 6) is 0.904. The molecule has 3 heteroatoms. The molecule has 1 heterocycles. The molecule has 1 aromatic rings. The van der Waals surface area contributed by atoms with Crippen LogP contribution in [-0.4, -0.2) is 29.2 Å². The summed E-state index contributed by atoms with van der Waals surface area (Å²) in [4.78, 5) is 6.20. The van der Waals surface area contributed by atoms with E-state index in [1.165, 1.54) is 5.56 Å². The number of hydrogen-bond acceptors (Lipinski definition) is 3. The van der Waals surface area contributed by atoms with Crippen molar-refractivity contribution < 1.29 is 0 Å². The molecular weight excluding hydrogens is 168 g/mol. The van der Waals surface area contributed by atoms with Gasteiger partial charge in [0.2, 0.25) is 0 Å². The summed E-state index contributed by atoms with van der Waals surface area (Å²) < 4.78 is 0. The second-order valence-electron chi connectivity index (χ2n) is 2.82. The minimum absolute atomic E-state index is 0.904. The van der Waals surface area contributed by atoms with E-state index in [1.807, 2.05) is 24.5 Å². The molecule has 0 saturated carbocycles. The molecule has 0 amide bonds. The summed E-state index contributed by atoms with van der Waals surface area (Å²) in [5, 5.41) is 0. The molecule has 0 N–H and O–H groups in total. The van der Waals surface area contributed by atoms with Crippen molar-refractivity contribution in [3.05, 3.63) is 30.1 Å². The Morgan fingerprint density at radius 2 is 2.08 bits per heavy atom. The molecule has 0 saturated heterocycles. The van der Waals surface area contributed by atoms with Crippen LogP contribution in [0.2, 0.25) is 0 Å². The molecule has 0 aliphatic heterocycles. The van der Waals surface area contributed by atoms with Crippen LogP contribution in [0.5, 0.6) is 0 Å². The van der Waals surface area contributed by atoms with Gasteiger partial charge in [0.05, 0.1) is 0 Å². The molecule has 0 spiro atoms. The topological polar surface area (TPSA) is 16.1 Å². The molecule has 0 fully saturated rings. The first kappa shape index (κ1) is 9.55. The van der Waals surface area contributed by atoms with Crippen molar-refractivity contribution in [2.24, 2.45) is 0 Å². The van der Waals surface area contributed by atoms with Crippen LogP contribution in [0.15, 0.2) is 24.5 Å². The highest BCUT2D eigenvalue weighted by molar-refractivity contribution is 7.80. The number of rotatable bonds is 4. The van der Waals surface area contributed by atoms with E-state index in [9.17, 15) is 0 Å². The monoisotopic (exact) mass is 182 g/mol. The molecule has 1 aromatic heterocycles. The normalized spacial score (nSPS) is 10.6. The van der Waals surface area contributed by atoms with Crippen LogP contribution < -0.4 is 0 Å². The fourth-order valence-corrected chi connectivity index (χ4v) is 1.39. The van der Waals surface area contributed by atoms with Crippen molar-refractivity contribution in [2.45, 2.75) is 6.54 Å². The Labute approximate surface area is 79.0 Å². The Bertz CT molecular complexity index is 213. The fraction of sp³-hybridized carbons (Fsp3) is 0.444. The molecular formula is C9H14N2S. The molecule has 0 unspecified atom stereocenters. The highest BCUT2D eigenvalue weighted by Crippen LogP contribution is 2.00. The van der Waals surface area contributed by atoms with Gasteiger partial charge in [-0.15, -0.1) is 0 Å². The molecule has 0 bridgehead atoms. The number of thiol groups is 1. The van der Waals surface area contributed by atoms with Gasteiger partial charge in [0.1, 0.15) is 0 Å². The maximum atomic E-state index is 4.17. The van der Waals surface area contributed by atoms with E-state index in [-0.39, 0.29) is 0 Å². The van der Waals surface area contributed by atoms with Gasteiger partial charge in [-0.3, -0.25) is 4.98 Å². The van der Waals surface area contributed by atoms with Crippen LogP contribution in [0.3, 0.4) is 0 Å². The molecule has 66 valence electrons. The average Bonchev–Trinajstić information content (AvgIpc) is 2.06. The van der Waals surface area contributed by atoms with Crippen molar-refractivity contribution in [3.63, 3.8) is 0 Å². The summed E-state index contributed by atoms with van der Waals surface area (Å²) in [7, 11) is 2.09. The van der Waals surface area contributed by atoms with Crippen LogP contribution in [0.4, 0.5) is 0 Å². The first-order valence-corrected chi connectivity index (χ1v) is 4.64. The molecule has 1 rings (SSSR count). The van der Waals surface area contributed by atoms with Crippen molar-refractivity contribution in [1.29, 1.82) is 0 Å². The van der Waals surface area contributed by atoms with Crippen molar-refractivity contribution in [1.82, 2.24) is 9.88 Å². The van der Waals surface area contributed by atoms with E-state index in [1.54, 1.807) is 0 Å². The van der Waals surface area contributed by atoms with Gasteiger partial charge in [-0.1, -0.05) is 0 Å². The van der Waals surface area contributed by atoms with Gasteiger partial charge in [0, 0.05) is 31.2 Å². The third-order valence-electron chi connectivity index (χ3n) is 1.68. The SMILES string of the molecule is CN(CCS)Cc1ccncc1. The summed E-state index contributed by atoms with van der Waals surface area (Å²) in [5.41, 5.74) is 1.30. The van der Waals surface area contributed by atoms with Gasteiger partial charge in [0.25, 0.3) is 0 Å². The maximum absolute atomic E-state index is 4.17. The van der Waals surface area contributed by atoms with Crippen LogP contribution in [0, 0.1) is 0 Å². The van der Waals surface area contributed by atoms with Crippen molar-refractivity contribution in [2.75, 3.05) is 19.3 Å². The quantitative estimate of drug-likeness (QED) is 0.709. The minimum atomic E-state index is 0.904. The smallest absolute Gasteiger partial charge is 0.0271 e. The Kier molecular flexibility index (Phi) is 4.11. The lowest BCUT2D eigenvalue weighted by atomic mass is 10.2. The first-order chi connectivity index (χ1) is 5.83. The standard InChI is InChI=1S/C9H14N2S/c1-11(6-7-12)8-9-2-4-10-5-3-9/h2-5,12H,6-8H2,1H3. The van der Waals surface area contributed by atoms with Gasteiger partial charge >= 0.3 is 0 Å². The Morgan fingerprint density at radius 3 is 2.67 bits per heavy atom. The Hall–Kier alpha value is -0.540. The first-order valence-electron chi connectivity index (χ1n) is 4.01. The molecule has 0 aromatic carbocycles. The zero-order valence-electron chi connectivity index (χ0n) is 7.27. The Morgan fingerprint density at radius 1 is 1.42 bits per heavy atom. The van der Waals surface area contributed by atoms with Crippen LogP contribution in [-0.2, 0) is 6.54 Å². The zero-order chi connectivity index (χ0) is 8.81. The lowest BCUT2D eigenvalue weighted by Gasteiger charge is -2.14. The molecule has 0 radical (unpaired) electrons. The average molecular weight is 182 g/mol. The summed E-state index contributed by atoms with van der Waals surface area (Å²) in [6.45, 7) is 1.99. The van der Waals surface area contributed by atoms with E-state index in [0.29, 0.717) is 0 Å². The molecule has 0 aliphatic rings. The highest BCUT2D eigenvalue weighted by atomic mass is 32.1. The molecule has 2 nitrogen and oxygen atoms in total. The van der Waals surface area contributed by atoms with Crippen LogP contribution in [0.25, 0.3) is 0 Å². The fourth-order valence-electron chi connectivity index (χ4n) is 1.05. The van der Waals surface area contributed by atoms with E-state index < -0.39 is 0 Å². The van der Waals surface area contributed by atoms with E-state index in [4.69, 9.17) is 0 Å². The second kappa shape index (κ2) is 5.17. The third kappa shape index (κ3) is 3.24. The molecule has 0 atom stereocenters. The van der Waals surface area contributed by atoms with Gasteiger partial charge in [0.15, 0.2) is 0 Å². The number of pyridine rings is 1. The van der Waals surface area contributed by atoms with Crippen molar-refractivity contribution >= 4 is 12.6 Å². The van der Waals surface area contributed by atoms with Gasteiger partial charge in [-0.25, -0.2) is 0 Å². The lowest BCUT2D eigenvalue weighted by Crippen LogP contribution is -2.19. The highest BCUT2D eigenvalue weighted by Gasteiger charge is 1.97. The summed E-state index contributed by atoms with van der Waals surface area (Å²) in [6.07, 6.45) is 3.65. The number of hydrogen-bond donors (Lipinski definition) is 1. The summed E-state index contributed by atoms with van der Waals surface area (Å²) >= 11 is 4.17. The zero-order valence-corrected chi connectivity index (χ0v) is 8.17. The minimum Gasteiger partial charge on any atom is -0.301 e. The van der Waals surface area contributed by atoms with E-state index in [2.05, 4.69) is 29.6 Å². The maximum Gasteiger partial charge on any atom is 0.0271 e. The molecule has 12 heavy (non-hydrogen) atoms. The number of nitrogens with zero attached hydrogens (tertiary/aromatic N) is 2. The van der Waals surface area contributed by atoms with Gasteiger partial charge in [-0.2, -0.15) is 12.6 Å². The Balaban J connectivity index is 2.41. The molecule has 0 aliphatic carbocycles. The number of aromatic nitrogens is 1. The summed E-state index contributed by atoms with van der Waals surface area (Å²) in [6, 6.07) is 4.07. The second-order valence-corrected chi connectivity index (χ2v) is 3.26. The van der Waals surface area contributed by atoms with Gasteiger partial charge < -0.3 is 4.90 Å². The third-order valence-corrected chi connectivity index (χ3v) is 1.88. The van der Waals surface area contributed by atoms with E-state index in [0.717, 1.165) is 18.8 Å². The van der Waals surface area contributed by atoms with Crippen LogP contribution >= 0.6 is 12.6 Å². The largest absolute Gasteiger partial charge is 0.301 e. The lowest BCUT2D eigenvalue weighted by molar-refractivity contribution is 0.349. The van der Waals surface area contributed by atoms with Crippen LogP contribution in [0.1, 0.15) is 5.56 Å². The van der Waals surface area contributed by atoms with E-state index >= 15 is 0 Å².